The van der Waals surface area contributed by atoms with Gasteiger partial charge >= 0.3 is 0 Å². The van der Waals surface area contributed by atoms with Crippen LogP contribution in [0.2, 0.25) is 0 Å². The first-order valence-electron chi connectivity index (χ1n) is 21.5. The number of carbonyl (C=O) groups is 3. The Morgan fingerprint density at radius 3 is 1.33 bits per heavy atom. The average Bonchev–Trinajstić information content (AvgIpc) is 3.40. The third kappa shape index (κ3) is 20.1. The Morgan fingerprint density at radius 1 is 0.513 bits per heavy atom. The van der Waals surface area contributed by atoms with E-state index < -0.39 is 32.5 Å². The van der Waals surface area contributed by atoms with Gasteiger partial charge in [0.25, 0.3) is 34.8 Å². The zero-order chi connectivity index (χ0) is 53.3. The molecule has 0 aromatic heterocycles. The Hall–Kier alpha value is -10.8. The summed E-state index contributed by atoms with van der Waals surface area (Å²) in [5.41, 5.74) is 2.74. The minimum atomic E-state index is -0.654. The maximum absolute atomic E-state index is 12.2. The number of rotatable bonds is 16. The van der Waals surface area contributed by atoms with Crippen LogP contribution in [0.3, 0.4) is 0 Å². The zero-order valence-electron chi connectivity index (χ0n) is 39.0. The molecule has 0 unspecified atom stereocenters. The molecule has 0 fully saturated rings. The van der Waals surface area contributed by atoms with E-state index in [1.54, 1.807) is 43.3 Å². The van der Waals surface area contributed by atoms with Crippen molar-refractivity contribution < 1.29 is 34.3 Å². The number of hydrogen-bond donors (Lipinski definition) is 4. The summed E-state index contributed by atoms with van der Waals surface area (Å²) in [6.07, 6.45) is 3.64. The van der Waals surface area contributed by atoms with Crippen molar-refractivity contribution in [2.45, 2.75) is 41.9 Å². The highest BCUT2D eigenvalue weighted by Gasteiger charge is 2.19. The summed E-state index contributed by atoms with van der Waals surface area (Å²) >= 11 is 0. The highest BCUT2D eigenvalue weighted by atomic mass is 16.6. The molecule has 6 aromatic rings. The highest BCUT2D eigenvalue weighted by Crippen LogP contribution is 2.28. The topological polar surface area (TPSA) is 312 Å². The van der Waals surface area contributed by atoms with Crippen LogP contribution >= 0.6 is 0 Å². The van der Waals surface area contributed by atoms with Crippen molar-refractivity contribution >= 4 is 58.7 Å². The van der Waals surface area contributed by atoms with Gasteiger partial charge in [0.2, 0.25) is 0 Å². The van der Waals surface area contributed by atoms with Gasteiger partial charge < -0.3 is 26.0 Å². The van der Waals surface area contributed by atoms with Crippen LogP contribution in [0.1, 0.15) is 55.7 Å². The van der Waals surface area contributed by atoms with Crippen LogP contribution in [0.25, 0.3) is 18.2 Å². The smallest absolute Gasteiger partial charge is 0.278 e. The number of nitrogens with one attached hydrogen (secondary N) is 3. The molecule has 0 aliphatic carbocycles. The number of nitro benzene ring substituents is 3. The van der Waals surface area contributed by atoms with E-state index in [2.05, 4.69) is 16.0 Å². The van der Waals surface area contributed by atoms with Crippen LogP contribution < -0.4 is 20.9 Å². The van der Waals surface area contributed by atoms with Gasteiger partial charge in [0.1, 0.15) is 40.7 Å². The Labute approximate surface area is 440 Å². The van der Waals surface area contributed by atoms with Crippen LogP contribution in [0.5, 0.6) is 5.75 Å². The molecule has 0 saturated carbocycles. The fraction of sp³-hybridized carbons (Fsp3) is 0.143. The number of hydrogen-bond acceptors (Lipinski definition) is 14. The summed E-state index contributed by atoms with van der Waals surface area (Å²) in [6, 6.07) is 46.7. The fourth-order valence-electron chi connectivity index (χ4n) is 6.19. The second kappa shape index (κ2) is 32.2. The summed E-state index contributed by atoms with van der Waals surface area (Å²) in [6.45, 7) is 0.787. The lowest BCUT2D eigenvalue weighted by Crippen LogP contribution is -2.23. The van der Waals surface area contributed by atoms with Crippen LogP contribution in [-0.4, -0.2) is 51.7 Å². The molecule has 20 heteroatoms. The van der Waals surface area contributed by atoms with E-state index in [0.29, 0.717) is 17.8 Å². The number of aromatic hydroxyl groups is 1. The molecule has 390 valence electrons. The van der Waals surface area contributed by atoms with E-state index in [9.17, 15) is 55.1 Å². The predicted molar refractivity (Wildman–Crippen MR) is 291 cm³/mol. The molecule has 20 nitrogen and oxygen atoms in total. The van der Waals surface area contributed by atoms with Gasteiger partial charge in [0.15, 0.2) is 0 Å². The minimum Gasteiger partial charge on any atom is -0.508 e. The minimum absolute atomic E-state index is 0. The summed E-state index contributed by atoms with van der Waals surface area (Å²) in [5.74, 6) is -1.96. The van der Waals surface area contributed by atoms with Crippen molar-refractivity contribution in [3.63, 3.8) is 0 Å². The van der Waals surface area contributed by atoms with Gasteiger partial charge in [-0.2, -0.15) is 15.8 Å². The average molecular weight is 1030 g/mol. The molecule has 0 atom stereocenters. The first kappa shape index (κ1) is 63.2. The summed E-state index contributed by atoms with van der Waals surface area (Å²) in [5, 5.41) is 77.9. The Morgan fingerprint density at radius 2 is 0.934 bits per heavy atom. The Kier molecular flexibility index (Phi) is 26.8. The lowest BCUT2D eigenvalue weighted by atomic mass is 10.1. The van der Waals surface area contributed by atoms with E-state index in [4.69, 9.17) is 10.5 Å². The molecule has 0 radical (unpaired) electrons. The van der Waals surface area contributed by atoms with Gasteiger partial charge in [0.05, 0.1) is 25.9 Å². The molecule has 0 saturated heterocycles. The summed E-state index contributed by atoms with van der Waals surface area (Å²) < 4.78 is 0. The number of nitrogens with zero attached hydrogens (tertiary/aromatic N) is 7. The molecule has 4 N–H and O–H groups in total. The quantitative estimate of drug-likeness (QED) is 0.0303. The van der Waals surface area contributed by atoms with Crippen LogP contribution in [0.4, 0.5) is 22.7 Å². The lowest BCUT2D eigenvalue weighted by molar-refractivity contribution is -0.385. The number of nitriles is 3. The second-order valence-electron chi connectivity index (χ2n) is 15.3. The number of phenols is 1. The number of amides is 3. The number of anilines is 1. The van der Waals surface area contributed by atoms with E-state index in [1.807, 2.05) is 97.1 Å². The van der Waals surface area contributed by atoms with Crippen LogP contribution in [-0.2, 0) is 34.0 Å². The molecule has 3 amide bonds. The van der Waals surface area contributed by atoms with Crippen molar-refractivity contribution in [1.82, 2.24) is 16.0 Å². The van der Waals surface area contributed by atoms with Gasteiger partial charge in [-0.15, -0.1) is 0 Å². The molecule has 0 aliphatic heterocycles. The van der Waals surface area contributed by atoms with Gasteiger partial charge in [-0.1, -0.05) is 125 Å². The SMILES string of the molecule is C.C.C.CN(C)c1ccc(/C=C(\C#N)C(=O)NCc2ccccc2)c([N+](=O)[O-])c1.N#C/C(=C\c1cc(O)ccc1[N+](=O)[O-])C(=O)NCc1ccccc1.N#C/C(=C\c1cccc([N+](=O)[O-])c1)C(=O)NCc1ccccc1. The number of non-ortho nitro benzene ring substituents is 1. The molecule has 6 aromatic carbocycles. The van der Waals surface area contributed by atoms with Crippen molar-refractivity contribution in [3.8, 4) is 24.0 Å². The van der Waals surface area contributed by atoms with E-state index in [0.717, 1.165) is 41.0 Å². The molecule has 0 aliphatic rings. The first-order chi connectivity index (χ1) is 35.0. The molecule has 0 bridgehead atoms. The van der Waals surface area contributed by atoms with Gasteiger partial charge in [-0.05, 0) is 64.7 Å². The first-order valence-corrected chi connectivity index (χ1v) is 21.5. The standard InChI is InChI=1S/C19H18N4O3.C17H13N3O4.C17H13N3O3.3CH4/c1-22(2)17-9-8-15(18(11-17)23(25)26)10-16(12-20)19(24)21-13-14-6-4-3-5-7-14;18-10-14(17(22)19-11-12-4-2-1-3-5-12)8-13-9-15(21)6-7-16(13)20(23)24;18-11-15(9-14-7-4-8-16(10-14)20(22)23)17(21)19-12-13-5-2-1-3-6-13;;;/h3-11H,13H2,1-2H3,(H,21,24);1-9,21H,11H2,(H,19,22);1-10H,12H2,(H,19,21);3*1H4/b16-10+;14-8+;15-9+;;;. The Bertz CT molecular complexity index is 3200. The number of phenolic OH excluding ortho intramolecular Hbond substituents is 1. The van der Waals surface area contributed by atoms with Gasteiger partial charge in [0, 0.05) is 63.7 Å². The van der Waals surface area contributed by atoms with Gasteiger partial charge in [-0.25, -0.2) is 0 Å². The van der Waals surface area contributed by atoms with Crippen molar-refractivity contribution in [3.05, 3.63) is 232 Å². The molecular weight excluding hydrogens is 973 g/mol. The maximum Gasteiger partial charge on any atom is 0.278 e. The monoisotopic (exact) mass is 1030 g/mol. The normalized spacial score (nSPS) is 10.3. The molecule has 6 rings (SSSR count). The van der Waals surface area contributed by atoms with E-state index in [1.165, 1.54) is 42.5 Å². The molecule has 76 heavy (non-hydrogen) atoms. The van der Waals surface area contributed by atoms with Crippen molar-refractivity contribution in [2.75, 3.05) is 19.0 Å². The fourth-order valence-corrected chi connectivity index (χ4v) is 6.19. The van der Waals surface area contributed by atoms with Crippen molar-refractivity contribution in [2.24, 2.45) is 0 Å². The molecular formula is C56H56N10O10. The number of benzene rings is 6. The Balaban J connectivity index is 0.000000560. The van der Waals surface area contributed by atoms with Crippen LogP contribution in [0.15, 0.2) is 168 Å². The van der Waals surface area contributed by atoms with Crippen LogP contribution in [0, 0.1) is 64.3 Å². The molecule has 0 heterocycles. The zero-order valence-corrected chi connectivity index (χ0v) is 39.0. The molecule has 0 spiro atoms. The predicted octanol–water partition coefficient (Wildman–Crippen LogP) is 10.1. The summed E-state index contributed by atoms with van der Waals surface area (Å²) in [7, 11) is 3.54. The second-order valence-corrected chi connectivity index (χ2v) is 15.3. The number of nitro groups is 3. The third-order valence-electron chi connectivity index (χ3n) is 9.91. The van der Waals surface area contributed by atoms with E-state index in [-0.39, 0.29) is 86.0 Å². The van der Waals surface area contributed by atoms with Gasteiger partial charge in [-0.3, -0.25) is 44.7 Å². The summed E-state index contributed by atoms with van der Waals surface area (Å²) in [4.78, 5) is 69.4. The maximum atomic E-state index is 12.2. The largest absolute Gasteiger partial charge is 0.508 e. The van der Waals surface area contributed by atoms with E-state index >= 15 is 0 Å². The number of carbonyl (C=O) groups excluding carboxylic acids is 3. The highest BCUT2D eigenvalue weighted by molar-refractivity contribution is 6.03. The van der Waals surface area contributed by atoms with Crippen molar-refractivity contribution in [1.29, 1.82) is 15.8 Å². The lowest BCUT2D eigenvalue weighted by Gasteiger charge is -2.12. The third-order valence-corrected chi connectivity index (χ3v) is 9.91.